The molecular weight excluding hydrogens is 260 g/mol. The largest absolute Gasteiger partial charge is 0.353 e. The van der Waals surface area contributed by atoms with E-state index >= 15 is 0 Å². The number of rotatable bonds is 5. The lowest BCUT2D eigenvalue weighted by Crippen LogP contribution is -2.52. The normalized spacial score (nSPS) is 18.5. The quantitative estimate of drug-likeness (QED) is 0.871. The van der Waals surface area contributed by atoms with Crippen LogP contribution in [0.5, 0.6) is 0 Å². The van der Waals surface area contributed by atoms with E-state index in [9.17, 15) is 4.79 Å². The van der Waals surface area contributed by atoms with Gasteiger partial charge in [-0.2, -0.15) is 0 Å². The number of carbonyl (C=O) groups excluding carboxylic acids is 1. The van der Waals surface area contributed by atoms with Crippen molar-refractivity contribution in [3.63, 3.8) is 0 Å². The highest BCUT2D eigenvalue weighted by atomic mass is 35.5. The first-order valence-electron chi connectivity index (χ1n) is 6.82. The smallest absolute Gasteiger partial charge is 0.227 e. The monoisotopic (exact) mass is 280 g/mol. The van der Waals surface area contributed by atoms with Crippen LogP contribution in [0.4, 0.5) is 0 Å². The predicted octanol–water partition coefficient (Wildman–Crippen LogP) is 2.52. The van der Waals surface area contributed by atoms with E-state index in [2.05, 4.69) is 5.32 Å². The van der Waals surface area contributed by atoms with Crippen molar-refractivity contribution in [3.05, 3.63) is 34.9 Å². The maximum atomic E-state index is 12.2. The Kier molecular flexibility index (Phi) is 4.48. The first kappa shape index (κ1) is 14.4. The molecule has 0 radical (unpaired) electrons. The van der Waals surface area contributed by atoms with E-state index in [1.165, 1.54) is 0 Å². The topological polar surface area (TPSA) is 55.1 Å². The van der Waals surface area contributed by atoms with E-state index in [0.717, 1.165) is 36.3 Å². The maximum Gasteiger partial charge on any atom is 0.227 e. The molecule has 4 heteroatoms. The number of halogens is 1. The zero-order valence-corrected chi connectivity index (χ0v) is 12.0. The SMILES string of the molecule is CC(Cc1ccccc1Cl)NC(=O)C1(CN)CCC1. The minimum Gasteiger partial charge on any atom is -0.353 e. The lowest BCUT2D eigenvalue weighted by molar-refractivity contribution is -0.135. The number of hydrogen-bond acceptors (Lipinski definition) is 2. The van der Waals surface area contributed by atoms with Crippen LogP contribution in [0.25, 0.3) is 0 Å². The zero-order chi connectivity index (χ0) is 13.9. The van der Waals surface area contributed by atoms with Crippen molar-refractivity contribution in [1.82, 2.24) is 5.32 Å². The van der Waals surface area contributed by atoms with Crippen molar-refractivity contribution >= 4 is 17.5 Å². The van der Waals surface area contributed by atoms with Crippen LogP contribution in [-0.2, 0) is 11.2 Å². The molecule has 1 aliphatic carbocycles. The second-order valence-electron chi connectivity index (χ2n) is 5.51. The van der Waals surface area contributed by atoms with Crippen molar-refractivity contribution in [2.75, 3.05) is 6.54 Å². The van der Waals surface area contributed by atoms with Gasteiger partial charge < -0.3 is 11.1 Å². The third kappa shape index (κ3) is 3.10. The summed E-state index contributed by atoms with van der Waals surface area (Å²) in [6.45, 7) is 2.45. The maximum absolute atomic E-state index is 12.2. The molecule has 1 aliphatic rings. The molecule has 1 fully saturated rings. The molecule has 0 bridgehead atoms. The zero-order valence-electron chi connectivity index (χ0n) is 11.3. The lowest BCUT2D eigenvalue weighted by Gasteiger charge is -2.39. The molecule has 3 nitrogen and oxygen atoms in total. The van der Waals surface area contributed by atoms with Crippen LogP contribution in [0.2, 0.25) is 5.02 Å². The fourth-order valence-corrected chi connectivity index (χ4v) is 2.76. The van der Waals surface area contributed by atoms with Crippen molar-refractivity contribution in [1.29, 1.82) is 0 Å². The van der Waals surface area contributed by atoms with Gasteiger partial charge in [0.2, 0.25) is 5.91 Å². The molecule has 3 N–H and O–H groups in total. The van der Waals surface area contributed by atoms with Gasteiger partial charge in [0.05, 0.1) is 5.41 Å². The van der Waals surface area contributed by atoms with E-state index in [0.29, 0.717) is 6.54 Å². The molecule has 0 aliphatic heterocycles. The highest BCUT2D eigenvalue weighted by Gasteiger charge is 2.43. The van der Waals surface area contributed by atoms with Gasteiger partial charge in [0.25, 0.3) is 0 Å². The van der Waals surface area contributed by atoms with Crippen molar-refractivity contribution in [2.45, 2.75) is 38.6 Å². The Morgan fingerprint density at radius 3 is 2.68 bits per heavy atom. The Bertz CT molecular complexity index is 452. The molecular formula is C15H21ClN2O. The molecule has 1 aromatic carbocycles. The minimum atomic E-state index is -0.311. The fraction of sp³-hybridized carbons (Fsp3) is 0.533. The van der Waals surface area contributed by atoms with Crippen LogP contribution in [0, 0.1) is 5.41 Å². The second kappa shape index (κ2) is 5.93. The molecule has 0 spiro atoms. The number of nitrogens with two attached hydrogens (primary N) is 1. The Morgan fingerprint density at radius 2 is 2.16 bits per heavy atom. The van der Waals surface area contributed by atoms with Gasteiger partial charge in [0.15, 0.2) is 0 Å². The van der Waals surface area contributed by atoms with Gasteiger partial charge in [-0.15, -0.1) is 0 Å². The molecule has 1 atom stereocenters. The van der Waals surface area contributed by atoms with Gasteiger partial charge >= 0.3 is 0 Å². The van der Waals surface area contributed by atoms with Crippen LogP contribution in [0.3, 0.4) is 0 Å². The summed E-state index contributed by atoms with van der Waals surface area (Å²) in [5, 5.41) is 3.82. The van der Waals surface area contributed by atoms with Crippen LogP contribution in [-0.4, -0.2) is 18.5 Å². The Labute approximate surface area is 119 Å². The summed E-state index contributed by atoms with van der Waals surface area (Å²) < 4.78 is 0. The summed E-state index contributed by atoms with van der Waals surface area (Å²) in [4.78, 5) is 12.2. The molecule has 1 unspecified atom stereocenters. The van der Waals surface area contributed by atoms with Crippen molar-refractivity contribution in [3.8, 4) is 0 Å². The number of nitrogens with one attached hydrogen (secondary N) is 1. The van der Waals surface area contributed by atoms with Gasteiger partial charge in [-0.25, -0.2) is 0 Å². The summed E-state index contributed by atoms with van der Waals surface area (Å²) in [6.07, 6.45) is 3.66. The van der Waals surface area contributed by atoms with Crippen molar-refractivity contribution in [2.24, 2.45) is 11.1 Å². The lowest BCUT2D eigenvalue weighted by atomic mass is 9.68. The first-order chi connectivity index (χ1) is 9.07. The molecule has 104 valence electrons. The molecule has 1 aromatic rings. The summed E-state index contributed by atoms with van der Waals surface area (Å²) in [7, 11) is 0. The average Bonchev–Trinajstić information content (AvgIpc) is 2.31. The van der Waals surface area contributed by atoms with Crippen LogP contribution >= 0.6 is 11.6 Å². The number of hydrogen-bond donors (Lipinski definition) is 2. The molecule has 1 saturated carbocycles. The number of amides is 1. The van der Waals surface area contributed by atoms with Crippen LogP contribution in [0.15, 0.2) is 24.3 Å². The summed E-state index contributed by atoms with van der Waals surface area (Å²) in [5.41, 5.74) is 6.49. The third-order valence-corrected chi connectivity index (χ3v) is 4.41. The van der Waals surface area contributed by atoms with Gasteiger partial charge in [-0.05, 0) is 37.8 Å². The van der Waals surface area contributed by atoms with E-state index in [1.807, 2.05) is 31.2 Å². The minimum absolute atomic E-state index is 0.0661. The molecule has 1 amide bonds. The third-order valence-electron chi connectivity index (χ3n) is 4.04. The van der Waals surface area contributed by atoms with Crippen LogP contribution < -0.4 is 11.1 Å². The molecule has 2 rings (SSSR count). The summed E-state index contributed by atoms with van der Waals surface area (Å²) >= 11 is 6.13. The van der Waals surface area contributed by atoms with Crippen molar-refractivity contribution < 1.29 is 4.79 Å². The molecule has 0 heterocycles. The van der Waals surface area contributed by atoms with Gasteiger partial charge in [-0.3, -0.25) is 4.79 Å². The van der Waals surface area contributed by atoms with Gasteiger partial charge in [0.1, 0.15) is 0 Å². The Morgan fingerprint density at radius 1 is 1.47 bits per heavy atom. The second-order valence-corrected chi connectivity index (χ2v) is 5.92. The Balaban J connectivity index is 1.93. The molecule has 0 aromatic heterocycles. The Hall–Kier alpha value is -1.06. The number of benzene rings is 1. The van der Waals surface area contributed by atoms with Gasteiger partial charge in [-0.1, -0.05) is 36.2 Å². The highest BCUT2D eigenvalue weighted by Crippen LogP contribution is 2.40. The van der Waals surface area contributed by atoms with E-state index < -0.39 is 0 Å². The summed E-state index contributed by atoms with van der Waals surface area (Å²) in [5.74, 6) is 0.0980. The van der Waals surface area contributed by atoms with E-state index in [1.54, 1.807) is 0 Å². The fourth-order valence-electron chi connectivity index (χ4n) is 2.55. The highest BCUT2D eigenvalue weighted by molar-refractivity contribution is 6.31. The molecule has 0 saturated heterocycles. The average molecular weight is 281 g/mol. The van der Waals surface area contributed by atoms with Gasteiger partial charge in [0, 0.05) is 17.6 Å². The molecule has 19 heavy (non-hydrogen) atoms. The summed E-state index contributed by atoms with van der Waals surface area (Å²) in [6, 6.07) is 7.80. The van der Waals surface area contributed by atoms with Crippen LogP contribution in [0.1, 0.15) is 31.7 Å². The van der Waals surface area contributed by atoms with E-state index in [-0.39, 0.29) is 17.4 Å². The number of carbonyl (C=O) groups is 1. The van der Waals surface area contributed by atoms with E-state index in [4.69, 9.17) is 17.3 Å². The first-order valence-corrected chi connectivity index (χ1v) is 7.20. The standard InChI is InChI=1S/C15H21ClN2O/c1-11(9-12-5-2-3-6-13(12)16)18-14(19)15(10-17)7-4-8-15/h2-3,5-6,11H,4,7-10,17H2,1H3,(H,18,19). The predicted molar refractivity (Wildman–Crippen MR) is 78.1 cm³/mol.